The van der Waals surface area contributed by atoms with Crippen LogP contribution in [0.5, 0.6) is 0 Å². The number of thiophene rings is 1. The second kappa shape index (κ2) is 6.96. The molecule has 0 aliphatic carbocycles. The molecule has 1 amide bonds. The van der Waals surface area contributed by atoms with Crippen molar-refractivity contribution < 1.29 is 4.79 Å². The maximum atomic E-state index is 12.6. The van der Waals surface area contributed by atoms with Gasteiger partial charge in [0.25, 0.3) is 5.91 Å². The minimum Gasteiger partial charge on any atom is -0.367 e. The predicted molar refractivity (Wildman–Crippen MR) is 109 cm³/mol. The third-order valence-electron chi connectivity index (χ3n) is 4.94. The first-order chi connectivity index (χ1) is 12.6. The molecule has 4 heteroatoms. The normalized spacial score (nSPS) is 13.4. The van der Waals surface area contributed by atoms with Gasteiger partial charge in [0, 0.05) is 34.9 Å². The Labute approximate surface area is 158 Å². The van der Waals surface area contributed by atoms with Crippen LogP contribution in [0.4, 0.5) is 11.4 Å². The van der Waals surface area contributed by atoms with Gasteiger partial charge in [0.2, 0.25) is 0 Å². The molecule has 0 atom stereocenters. The third kappa shape index (κ3) is 3.37. The van der Waals surface area contributed by atoms with Crippen molar-refractivity contribution >= 4 is 28.6 Å². The fourth-order valence-corrected chi connectivity index (χ4v) is 4.29. The Kier molecular flexibility index (Phi) is 4.51. The molecule has 1 aliphatic heterocycles. The summed E-state index contributed by atoms with van der Waals surface area (Å²) in [5.41, 5.74) is 6.28. The van der Waals surface area contributed by atoms with Gasteiger partial charge in [0.15, 0.2) is 0 Å². The molecule has 0 radical (unpaired) electrons. The van der Waals surface area contributed by atoms with E-state index in [0.29, 0.717) is 0 Å². The van der Waals surface area contributed by atoms with Crippen LogP contribution in [0.3, 0.4) is 0 Å². The largest absolute Gasteiger partial charge is 0.367 e. The Bertz CT molecular complexity index is 943. The number of hydrogen-bond acceptors (Lipinski definition) is 3. The molecule has 0 saturated heterocycles. The van der Waals surface area contributed by atoms with E-state index >= 15 is 0 Å². The lowest BCUT2D eigenvalue weighted by Crippen LogP contribution is -2.29. The molecule has 2 heterocycles. The van der Waals surface area contributed by atoms with Crippen LogP contribution in [-0.2, 0) is 13.0 Å². The molecule has 0 saturated carbocycles. The van der Waals surface area contributed by atoms with Crippen LogP contribution in [0.2, 0.25) is 0 Å². The molecule has 2 aromatic carbocycles. The van der Waals surface area contributed by atoms with Crippen molar-refractivity contribution in [1.82, 2.24) is 0 Å². The number of rotatable bonds is 3. The number of hydrogen-bond donors (Lipinski definition) is 1. The third-order valence-corrected chi connectivity index (χ3v) is 5.96. The minimum atomic E-state index is -0.0557. The Morgan fingerprint density at radius 2 is 1.88 bits per heavy atom. The second-order valence-corrected chi connectivity index (χ2v) is 7.86. The van der Waals surface area contributed by atoms with Gasteiger partial charge in [-0.2, -0.15) is 0 Å². The van der Waals surface area contributed by atoms with Crippen molar-refractivity contribution in [1.29, 1.82) is 0 Å². The molecule has 0 bridgehead atoms. The molecule has 3 nitrogen and oxygen atoms in total. The first-order valence-corrected chi connectivity index (χ1v) is 9.77. The van der Waals surface area contributed by atoms with Gasteiger partial charge in [-0.3, -0.25) is 4.79 Å². The average molecular weight is 362 g/mol. The number of benzene rings is 2. The van der Waals surface area contributed by atoms with Gasteiger partial charge in [-0.15, -0.1) is 11.3 Å². The lowest BCUT2D eigenvalue weighted by Gasteiger charge is -2.29. The number of carbonyl (C=O) groups is 1. The molecule has 3 aromatic rings. The quantitative estimate of drug-likeness (QED) is 0.696. The second-order valence-electron chi connectivity index (χ2n) is 6.86. The average Bonchev–Trinajstić information content (AvgIpc) is 3.12. The molecule has 1 N–H and O–H groups in total. The van der Waals surface area contributed by atoms with Crippen molar-refractivity contribution in [3.8, 4) is 0 Å². The first-order valence-electron chi connectivity index (χ1n) is 8.89. The Balaban J connectivity index is 1.46. The summed E-state index contributed by atoms with van der Waals surface area (Å²) in [6, 6.07) is 16.3. The highest BCUT2D eigenvalue weighted by atomic mass is 32.1. The molecule has 0 unspecified atom stereocenters. The van der Waals surface area contributed by atoms with E-state index in [4.69, 9.17) is 0 Å². The van der Waals surface area contributed by atoms with Crippen molar-refractivity contribution in [2.45, 2.75) is 26.8 Å². The van der Waals surface area contributed by atoms with Crippen LogP contribution in [0.25, 0.3) is 0 Å². The van der Waals surface area contributed by atoms with Gasteiger partial charge in [0.1, 0.15) is 0 Å². The summed E-state index contributed by atoms with van der Waals surface area (Å²) in [6.45, 7) is 5.98. The van der Waals surface area contributed by atoms with Crippen LogP contribution in [-0.4, -0.2) is 12.5 Å². The molecular formula is C22H22N2OS. The lowest BCUT2D eigenvalue weighted by atomic mass is 10.0. The predicted octanol–water partition coefficient (Wildman–Crippen LogP) is 5.18. The zero-order valence-corrected chi connectivity index (χ0v) is 15.9. The molecule has 26 heavy (non-hydrogen) atoms. The lowest BCUT2D eigenvalue weighted by molar-refractivity contribution is 0.102. The Hall–Kier alpha value is -2.59. The monoisotopic (exact) mass is 362 g/mol. The fourth-order valence-electron chi connectivity index (χ4n) is 3.40. The highest BCUT2D eigenvalue weighted by molar-refractivity contribution is 7.10. The Morgan fingerprint density at radius 3 is 2.69 bits per heavy atom. The summed E-state index contributed by atoms with van der Waals surface area (Å²) in [6.07, 6.45) is 1.11. The highest BCUT2D eigenvalue weighted by Gasteiger charge is 2.17. The molecular weight excluding hydrogens is 340 g/mol. The van der Waals surface area contributed by atoms with E-state index < -0.39 is 0 Å². The van der Waals surface area contributed by atoms with Crippen LogP contribution in [0, 0.1) is 13.8 Å². The van der Waals surface area contributed by atoms with Gasteiger partial charge < -0.3 is 10.2 Å². The minimum absolute atomic E-state index is 0.0557. The summed E-state index contributed by atoms with van der Waals surface area (Å²) in [5.74, 6) is -0.0557. The van der Waals surface area contributed by atoms with E-state index in [-0.39, 0.29) is 5.91 Å². The maximum Gasteiger partial charge on any atom is 0.255 e. The molecule has 0 spiro atoms. The zero-order chi connectivity index (χ0) is 18.1. The van der Waals surface area contributed by atoms with Crippen molar-refractivity contribution in [2.24, 2.45) is 0 Å². The van der Waals surface area contributed by atoms with Gasteiger partial charge >= 0.3 is 0 Å². The first kappa shape index (κ1) is 16.9. The smallest absolute Gasteiger partial charge is 0.255 e. The van der Waals surface area contributed by atoms with Gasteiger partial charge in [-0.1, -0.05) is 17.7 Å². The van der Waals surface area contributed by atoms with E-state index in [0.717, 1.165) is 41.9 Å². The van der Waals surface area contributed by atoms with E-state index in [9.17, 15) is 4.79 Å². The van der Waals surface area contributed by atoms with Crippen LogP contribution >= 0.6 is 11.3 Å². The highest BCUT2D eigenvalue weighted by Crippen LogP contribution is 2.28. The molecule has 4 rings (SSSR count). The van der Waals surface area contributed by atoms with Crippen molar-refractivity contribution in [2.75, 3.05) is 16.8 Å². The van der Waals surface area contributed by atoms with E-state index in [1.807, 2.05) is 55.5 Å². The van der Waals surface area contributed by atoms with E-state index in [2.05, 4.69) is 33.8 Å². The summed E-state index contributed by atoms with van der Waals surface area (Å²) < 4.78 is 0. The number of nitrogens with zero attached hydrogens (tertiary/aromatic N) is 1. The Morgan fingerprint density at radius 1 is 1.08 bits per heavy atom. The van der Waals surface area contributed by atoms with Crippen LogP contribution in [0.15, 0.2) is 53.9 Å². The number of aryl methyl sites for hydroxylation is 2. The number of amides is 1. The van der Waals surface area contributed by atoms with Gasteiger partial charge in [-0.05, 0) is 73.2 Å². The zero-order valence-electron chi connectivity index (χ0n) is 15.1. The van der Waals surface area contributed by atoms with Crippen molar-refractivity contribution in [3.05, 3.63) is 81.0 Å². The SMILES string of the molecule is Cc1ccc(C)c(C(=O)Nc2ccc(N3CCc4sccc4C3)cc2)c1. The molecule has 1 aliphatic rings. The standard InChI is InChI=1S/C22H22N2OS/c1-15-3-4-16(2)20(13-15)22(25)23-18-5-7-19(8-6-18)24-11-9-21-17(14-24)10-12-26-21/h3-8,10,12-13H,9,11,14H2,1-2H3,(H,23,25). The number of anilines is 2. The van der Waals surface area contributed by atoms with Gasteiger partial charge in [-0.25, -0.2) is 0 Å². The van der Waals surface area contributed by atoms with Gasteiger partial charge in [0.05, 0.1) is 0 Å². The van der Waals surface area contributed by atoms with Crippen molar-refractivity contribution in [3.63, 3.8) is 0 Å². The van der Waals surface area contributed by atoms with Crippen LogP contribution in [0.1, 0.15) is 31.9 Å². The van der Waals surface area contributed by atoms with E-state index in [1.165, 1.54) is 16.1 Å². The maximum absolute atomic E-state index is 12.6. The summed E-state index contributed by atoms with van der Waals surface area (Å²) >= 11 is 1.86. The number of carbonyl (C=O) groups excluding carboxylic acids is 1. The number of nitrogens with one attached hydrogen (secondary N) is 1. The topological polar surface area (TPSA) is 32.3 Å². The van der Waals surface area contributed by atoms with E-state index in [1.54, 1.807) is 0 Å². The summed E-state index contributed by atoms with van der Waals surface area (Å²) in [7, 11) is 0. The molecule has 0 fully saturated rings. The fraction of sp³-hybridized carbons (Fsp3) is 0.227. The summed E-state index contributed by atoms with van der Waals surface area (Å²) in [4.78, 5) is 16.5. The molecule has 132 valence electrons. The number of fused-ring (bicyclic) bond motifs is 1. The molecule has 1 aromatic heterocycles. The summed E-state index contributed by atoms with van der Waals surface area (Å²) in [5, 5.41) is 5.19. The van der Waals surface area contributed by atoms with Crippen LogP contribution < -0.4 is 10.2 Å².